The molecule has 0 bridgehead atoms. The normalized spacial score (nSPS) is 18.6. The molecule has 0 saturated carbocycles. The first kappa shape index (κ1) is 13.3. The second-order valence-electron chi connectivity index (χ2n) is 4.16. The highest BCUT2D eigenvalue weighted by molar-refractivity contribution is 6.24. The summed E-state index contributed by atoms with van der Waals surface area (Å²) in [4.78, 5) is 0. The van der Waals surface area contributed by atoms with Gasteiger partial charge in [0.05, 0.1) is 6.10 Å². The van der Waals surface area contributed by atoms with Crippen molar-refractivity contribution in [2.75, 3.05) is 6.54 Å². The van der Waals surface area contributed by atoms with Crippen molar-refractivity contribution in [2.45, 2.75) is 39.7 Å². The number of rotatable bonds is 2. The standard InChI is InChI=1S/C9H12BNO.C4H10/c1-7-2-4-8(5-3-7)9-6-11-10-12-9;1-3-4-2/h2-5,9-11H,6H2,1H3;3-4H2,1-2H3. The number of hydrogen-bond donors (Lipinski definition) is 1. The Kier molecular flexibility index (Phi) is 6.20. The van der Waals surface area contributed by atoms with Crippen molar-refractivity contribution in [2.24, 2.45) is 0 Å². The van der Waals surface area contributed by atoms with Gasteiger partial charge in [-0.25, -0.2) is 0 Å². The fourth-order valence-corrected chi connectivity index (χ4v) is 1.40. The maximum atomic E-state index is 5.47. The molecule has 1 aliphatic heterocycles. The predicted molar refractivity (Wildman–Crippen MR) is 70.7 cm³/mol. The third-order valence-electron chi connectivity index (χ3n) is 2.67. The summed E-state index contributed by atoms with van der Waals surface area (Å²) in [6.45, 7) is 7.39. The van der Waals surface area contributed by atoms with Gasteiger partial charge < -0.3 is 9.88 Å². The molecule has 0 aromatic heterocycles. The molecule has 0 spiro atoms. The Morgan fingerprint density at radius 3 is 2.31 bits per heavy atom. The Bertz CT molecular complexity index is 278. The summed E-state index contributed by atoms with van der Waals surface area (Å²) >= 11 is 0. The average molecular weight is 219 g/mol. The lowest BCUT2D eigenvalue weighted by Crippen LogP contribution is -2.10. The molecular formula is C13H22BNO. The molecule has 2 nitrogen and oxygen atoms in total. The predicted octanol–water partition coefficient (Wildman–Crippen LogP) is 2.73. The van der Waals surface area contributed by atoms with Gasteiger partial charge in [-0.15, -0.1) is 0 Å². The molecule has 0 radical (unpaired) electrons. The van der Waals surface area contributed by atoms with E-state index < -0.39 is 0 Å². The molecule has 1 unspecified atom stereocenters. The van der Waals surface area contributed by atoms with Gasteiger partial charge in [-0.05, 0) is 12.5 Å². The summed E-state index contributed by atoms with van der Waals surface area (Å²) in [7, 11) is 0.679. The second kappa shape index (κ2) is 7.47. The monoisotopic (exact) mass is 219 g/mol. The van der Waals surface area contributed by atoms with E-state index in [4.69, 9.17) is 4.65 Å². The van der Waals surface area contributed by atoms with Gasteiger partial charge in [-0.1, -0.05) is 56.5 Å². The molecule has 0 amide bonds. The van der Waals surface area contributed by atoms with Crippen molar-refractivity contribution in [1.82, 2.24) is 5.23 Å². The van der Waals surface area contributed by atoms with Crippen LogP contribution in [-0.2, 0) is 4.65 Å². The smallest absolute Gasteiger partial charge is 0.361 e. The summed E-state index contributed by atoms with van der Waals surface area (Å²) in [5.74, 6) is 0. The lowest BCUT2D eigenvalue weighted by atomic mass is 10.1. The molecule has 1 N–H and O–H groups in total. The Morgan fingerprint density at radius 1 is 1.25 bits per heavy atom. The summed E-state index contributed by atoms with van der Waals surface area (Å²) in [6, 6.07) is 8.51. The SMILES string of the molecule is CCCC.Cc1ccc(C2CNBO2)cc1. The first-order chi connectivity index (χ1) is 7.77. The van der Waals surface area contributed by atoms with Crippen LogP contribution in [0.5, 0.6) is 0 Å². The van der Waals surface area contributed by atoms with Gasteiger partial charge in [-0.2, -0.15) is 0 Å². The molecule has 1 fully saturated rings. The zero-order valence-electron chi connectivity index (χ0n) is 10.6. The van der Waals surface area contributed by atoms with E-state index in [1.807, 2.05) is 0 Å². The van der Waals surface area contributed by atoms with Gasteiger partial charge in [0, 0.05) is 6.54 Å². The first-order valence-electron chi connectivity index (χ1n) is 6.16. The largest absolute Gasteiger partial charge is 0.416 e. The molecule has 0 aliphatic carbocycles. The molecule has 1 atom stereocenters. The highest BCUT2D eigenvalue weighted by Gasteiger charge is 2.17. The molecule has 1 aromatic carbocycles. The molecule has 2 rings (SSSR count). The third kappa shape index (κ3) is 4.37. The van der Waals surface area contributed by atoms with Crippen LogP contribution in [0.15, 0.2) is 24.3 Å². The Hall–Kier alpha value is -0.795. The quantitative estimate of drug-likeness (QED) is 0.772. The van der Waals surface area contributed by atoms with Crippen LogP contribution in [0.2, 0.25) is 0 Å². The van der Waals surface area contributed by atoms with E-state index in [-0.39, 0.29) is 6.10 Å². The maximum Gasteiger partial charge on any atom is 0.361 e. The second-order valence-corrected chi connectivity index (χ2v) is 4.16. The van der Waals surface area contributed by atoms with Gasteiger partial charge in [0.25, 0.3) is 0 Å². The molecule has 3 heteroatoms. The minimum Gasteiger partial charge on any atom is -0.416 e. The minimum absolute atomic E-state index is 0.255. The van der Waals surface area contributed by atoms with E-state index in [9.17, 15) is 0 Å². The number of nitrogens with one attached hydrogen (secondary N) is 1. The van der Waals surface area contributed by atoms with Crippen molar-refractivity contribution in [3.8, 4) is 0 Å². The van der Waals surface area contributed by atoms with Crippen molar-refractivity contribution in [1.29, 1.82) is 0 Å². The lowest BCUT2D eigenvalue weighted by Gasteiger charge is -2.09. The van der Waals surface area contributed by atoms with Crippen LogP contribution in [0.3, 0.4) is 0 Å². The highest BCUT2D eigenvalue weighted by atomic mass is 16.5. The van der Waals surface area contributed by atoms with E-state index >= 15 is 0 Å². The number of hydrogen-bond acceptors (Lipinski definition) is 2. The average Bonchev–Trinajstić information content (AvgIpc) is 2.84. The molecular weight excluding hydrogens is 197 g/mol. The molecule has 88 valence electrons. The van der Waals surface area contributed by atoms with Crippen LogP contribution in [0.1, 0.15) is 43.9 Å². The zero-order valence-corrected chi connectivity index (χ0v) is 10.6. The van der Waals surface area contributed by atoms with E-state index in [1.54, 1.807) is 0 Å². The van der Waals surface area contributed by atoms with Crippen molar-refractivity contribution < 1.29 is 4.65 Å². The highest BCUT2D eigenvalue weighted by Crippen LogP contribution is 2.18. The summed E-state index contributed by atoms with van der Waals surface area (Å²) in [5.41, 5.74) is 2.57. The van der Waals surface area contributed by atoms with Gasteiger partial charge in [0.15, 0.2) is 0 Å². The molecule has 16 heavy (non-hydrogen) atoms. The van der Waals surface area contributed by atoms with Crippen LogP contribution in [0.25, 0.3) is 0 Å². The van der Waals surface area contributed by atoms with Crippen LogP contribution < -0.4 is 5.23 Å². The fraction of sp³-hybridized carbons (Fsp3) is 0.538. The van der Waals surface area contributed by atoms with Crippen molar-refractivity contribution in [3.63, 3.8) is 0 Å². The summed E-state index contributed by atoms with van der Waals surface area (Å²) in [5, 5.41) is 3.16. The van der Waals surface area contributed by atoms with E-state index in [0.29, 0.717) is 7.62 Å². The summed E-state index contributed by atoms with van der Waals surface area (Å²) in [6.07, 6.45) is 2.89. The van der Waals surface area contributed by atoms with Gasteiger partial charge in [0.1, 0.15) is 0 Å². The van der Waals surface area contributed by atoms with Crippen LogP contribution in [-0.4, -0.2) is 14.2 Å². The van der Waals surface area contributed by atoms with E-state index in [0.717, 1.165) is 6.54 Å². The number of benzene rings is 1. The molecule has 1 heterocycles. The number of unbranched alkanes of at least 4 members (excludes halogenated alkanes) is 1. The molecule has 1 saturated heterocycles. The van der Waals surface area contributed by atoms with Crippen LogP contribution in [0, 0.1) is 6.92 Å². The van der Waals surface area contributed by atoms with Gasteiger partial charge in [-0.3, -0.25) is 0 Å². The Labute approximate surface area is 99.7 Å². The van der Waals surface area contributed by atoms with Crippen molar-refractivity contribution in [3.05, 3.63) is 35.4 Å². The molecule has 1 aliphatic rings. The van der Waals surface area contributed by atoms with Crippen LogP contribution >= 0.6 is 0 Å². The van der Waals surface area contributed by atoms with E-state index in [2.05, 4.69) is 50.3 Å². The third-order valence-corrected chi connectivity index (χ3v) is 2.67. The topological polar surface area (TPSA) is 21.3 Å². The number of aryl methyl sites for hydroxylation is 1. The Balaban J connectivity index is 0.000000280. The molecule has 1 aromatic rings. The van der Waals surface area contributed by atoms with Gasteiger partial charge >= 0.3 is 7.62 Å². The van der Waals surface area contributed by atoms with Crippen LogP contribution in [0.4, 0.5) is 0 Å². The fourth-order valence-electron chi connectivity index (χ4n) is 1.40. The van der Waals surface area contributed by atoms with Gasteiger partial charge in [0.2, 0.25) is 0 Å². The maximum absolute atomic E-state index is 5.47. The first-order valence-corrected chi connectivity index (χ1v) is 6.16. The zero-order chi connectivity index (χ0) is 11.8. The summed E-state index contributed by atoms with van der Waals surface area (Å²) < 4.78 is 5.47. The Morgan fingerprint density at radius 2 is 1.88 bits per heavy atom. The minimum atomic E-state index is 0.255. The van der Waals surface area contributed by atoms with Crippen molar-refractivity contribution >= 4 is 7.62 Å². The van der Waals surface area contributed by atoms with E-state index in [1.165, 1.54) is 24.0 Å². The lowest BCUT2D eigenvalue weighted by molar-refractivity contribution is 0.259.